The lowest BCUT2D eigenvalue weighted by atomic mass is 9.74. The van der Waals surface area contributed by atoms with Gasteiger partial charge in [-0.2, -0.15) is 0 Å². The lowest BCUT2D eigenvalue weighted by Crippen LogP contribution is -2.53. The van der Waals surface area contributed by atoms with Crippen molar-refractivity contribution in [3.8, 4) is 0 Å². The molecule has 0 aliphatic heterocycles. The van der Waals surface area contributed by atoms with E-state index in [1.165, 1.54) is 12.1 Å². The Kier molecular flexibility index (Phi) is 5.64. The first-order chi connectivity index (χ1) is 9.97. The van der Waals surface area contributed by atoms with Gasteiger partial charge in [-0.1, -0.05) is 24.6 Å². The van der Waals surface area contributed by atoms with Crippen LogP contribution in [0.1, 0.15) is 45.1 Å². The molecule has 4 heteroatoms. The Balaban J connectivity index is 2.13. The number of nitrogens with two attached hydrogens (primary N) is 1. The summed E-state index contributed by atoms with van der Waals surface area (Å²) in [7, 11) is 0. The van der Waals surface area contributed by atoms with Crippen LogP contribution >= 0.6 is 11.6 Å². The third-order valence-corrected chi connectivity index (χ3v) is 5.03. The molecule has 2 N–H and O–H groups in total. The van der Waals surface area contributed by atoms with Gasteiger partial charge in [0, 0.05) is 17.7 Å². The van der Waals surface area contributed by atoms with Crippen LogP contribution in [-0.4, -0.2) is 18.2 Å². The van der Waals surface area contributed by atoms with Gasteiger partial charge in [0.25, 0.3) is 0 Å². The van der Waals surface area contributed by atoms with E-state index < -0.39 is 0 Å². The molecule has 1 aromatic carbocycles. The number of rotatable bonds is 5. The highest BCUT2D eigenvalue weighted by molar-refractivity contribution is 6.31. The standard InChI is InChI=1S/C17H25ClFNO/c1-3-21-17(8-6-12(2)7-9-17)16(20)10-13-4-5-14(19)11-15(13)18/h4-5,11-12,16H,3,6-10,20H2,1-2H3. The smallest absolute Gasteiger partial charge is 0.124 e. The molecule has 21 heavy (non-hydrogen) atoms. The minimum atomic E-state index is -0.316. The highest BCUT2D eigenvalue weighted by Gasteiger charge is 2.40. The third-order valence-electron chi connectivity index (χ3n) is 4.68. The maximum absolute atomic E-state index is 13.1. The van der Waals surface area contributed by atoms with Crippen LogP contribution < -0.4 is 5.73 Å². The molecule has 1 atom stereocenters. The van der Waals surface area contributed by atoms with Gasteiger partial charge in [0.2, 0.25) is 0 Å². The van der Waals surface area contributed by atoms with Crippen LogP contribution in [0.5, 0.6) is 0 Å². The van der Waals surface area contributed by atoms with Gasteiger partial charge in [-0.3, -0.25) is 0 Å². The van der Waals surface area contributed by atoms with Crippen molar-refractivity contribution in [3.63, 3.8) is 0 Å². The van der Waals surface area contributed by atoms with Crippen molar-refractivity contribution >= 4 is 11.6 Å². The van der Waals surface area contributed by atoms with Crippen molar-refractivity contribution in [1.29, 1.82) is 0 Å². The maximum Gasteiger partial charge on any atom is 0.124 e. The van der Waals surface area contributed by atoms with E-state index in [1.807, 2.05) is 6.92 Å². The summed E-state index contributed by atoms with van der Waals surface area (Å²) in [5.74, 6) is 0.420. The normalized spacial score (nSPS) is 27.6. The van der Waals surface area contributed by atoms with Crippen molar-refractivity contribution < 1.29 is 9.13 Å². The zero-order chi connectivity index (χ0) is 15.5. The molecule has 1 unspecified atom stereocenters. The molecule has 0 aromatic heterocycles. The highest BCUT2D eigenvalue weighted by Crippen LogP contribution is 2.38. The number of hydrogen-bond donors (Lipinski definition) is 1. The van der Waals surface area contributed by atoms with Crippen LogP contribution in [0.3, 0.4) is 0 Å². The zero-order valence-corrected chi connectivity index (χ0v) is 13.6. The highest BCUT2D eigenvalue weighted by atomic mass is 35.5. The second-order valence-electron chi connectivity index (χ2n) is 6.23. The van der Waals surface area contributed by atoms with Gasteiger partial charge >= 0.3 is 0 Å². The summed E-state index contributed by atoms with van der Waals surface area (Å²) >= 11 is 6.12. The fraction of sp³-hybridized carbons (Fsp3) is 0.647. The van der Waals surface area contributed by atoms with Gasteiger partial charge < -0.3 is 10.5 Å². The molecule has 0 bridgehead atoms. The molecule has 1 aliphatic rings. The van der Waals surface area contributed by atoms with E-state index in [9.17, 15) is 4.39 Å². The predicted octanol–water partition coefficient (Wildman–Crippen LogP) is 4.33. The van der Waals surface area contributed by atoms with E-state index in [-0.39, 0.29) is 17.5 Å². The Labute approximate surface area is 131 Å². The summed E-state index contributed by atoms with van der Waals surface area (Å²) in [5, 5.41) is 0.446. The second-order valence-corrected chi connectivity index (χ2v) is 6.63. The molecule has 0 spiro atoms. The van der Waals surface area contributed by atoms with E-state index in [0.717, 1.165) is 37.2 Å². The number of halogens is 2. The monoisotopic (exact) mass is 313 g/mol. The summed E-state index contributed by atoms with van der Waals surface area (Å²) in [6, 6.07) is 4.39. The van der Waals surface area contributed by atoms with Crippen molar-refractivity contribution in [1.82, 2.24) is 0 Å². The molecule has 2 nitrogen and oxygen atoms in total. The van der Waals surface area contributed by atoms with Crippen molar-refractivity contribution in [3.05, 3.63) is 34.6 Å². The summed E-state index contributed by atoms with van der Waals surface area (Å²) < 4.78 is 19.2. The van der Waals surface area contributed by atoms with Crippen LogP contribution in [-0.2, 0) is 11.2 Å². The molecular formula is C17H25ClFNO. The van der Waals surface area contributed by atoms with Gasteiger partial charge in [-0.15, -0.1) is 0 Å². The first kappa shape index (κ1) is 16.7. The minimum Gasteiger partial charge on any atom is -0.374 e. The second kappa shape index (κ2) is 7.08. The number of ether oxygens (including phenoxy) is 1. The molecule has 2 rings (SSSR count). The fourth-order valence-electron chi connectivity index (χ4n) is 3.27. The van der Waals surface area contributed by atoms with E-state index in [1.54, 1.807) is 6.07 Å². The summed E-state index contributed by atoms with van der Waals surface area (Å²) in [6.45, 7) is 4.95. The Morgan fingerprint density at radius 1 is 1.43 bits per heavy atom. The lowest BCUT2D eigenvalue weighted by Gasteiger charge is -2.43. The minimum absolute atomic E-state index is 0.118. The van der Waals surface area contributed by atoms with Crippen LogP contribution in [0.4, 0.5) is 4.39 Å². The first-order valence-corrected chi connectivity index (χ1v) is 8.18. The van der Waals surface area contributed by atoms with Crippen molar-refractivity contribution in [2.45, 2.75) is 57.6 Å². The van der Waals surface area contributed by atoms with Crippen molar-refractivity contribution in [2.24, 2.45) is 11.7 Å². The molecule has 118 valence electrons. The van der Waals surface area contributed by atoms with Crippen molar-refractivity contribution in [2.75, 3.05) is 6.61 Å². The van der Waals surface area contributed by atoms with E-state index >= 15 is 0 Å². The number of hydrogen-bond acceptors (Lipinski definition) is 2. The van der Waals surface area contributed by atoms with E-state index in [4.69, 9.17) is 22.1 Å². The SMILES string of the molecule is CCOC1(C(N)Cc2ccc(F)cc2Cl)CCC(C)CC1. The molecule has 0 saturated heterocycles. The topological polar surface area (TPSA) is 35.2 Å². The average Bonchev–Trinajstić information content (AvgIpc) is 2.45. The van der Waals surface area contributed by atoms with Gasteiger partial charge in [0.15, 0.2) is 0 Å². The Hall–Kier alpha value is -0.640. The molecule has 1 aliphatic carbocycles. The van der Waals surface area contributed by atoms with Gasteiger partial charge in [0.05, 0.1) is 5.60 Å². The largest absolute Gasteiger partial charge is 0.374 e. The maximum atomic E-state index is 13.1. The zero-order valence-electron chi connectivity index (χ0n) is 12.9. The molecule has 1 fully saturated rings. The fourth-order valence-corrected chi connectivity index (χ4v) is 3.51. The van der Waals surface area contributed by atoms with Crippen LogP contribution in [0.25, 0.3) is 0 Å². The number of benzene rings is 1. The van der Waals surface area contributed by atoms with Gasteiger partial charge in [-0.05, 0) is 62.6 Å². The van der Waals surface area contributed by atoms with Gasteiger partial charge in [-0.25, -0.2) is 4.39 Å². The molecular weight excluding hydrogens is 289 g/mol. The molecule has 0 amide bonds. The van der Waals surface area contributed by atoms with Crippen LogP contribution in [0, 0.1) is 11.7 Å². The predicted molar refractivity (Wildman–Crippen MR) is 85.1 cm³/mol. The summed E-state index contributed by atoms with van der Waals surface area (Å²) in [4.78, 5) is 0. The summed E-state index contributed by atoms with van der Waals surface area (Å²) in [6.07, 6.45) is 4.88. The molecule has 0 radical (unpaired) electrons. The average molecular weight is 314 g/mol. The first-order valence-electron chi connectivity index (χ1n) is 7.80. The molecule has 1 aromatic rings. The Morgan fingerprint density at radius 3 is 2.67 bits per heavy atom. The van der Waals surface area contributed by atoms with E-state index in [2.05, 4.69) is 6.92 Å². The Morgan fingerprint density at radius 2 is 2.10 bits per heavy atom. The lowest BCUT2D eigenvalue weighted by molar-refractivity contribution is -0.0883. The van der Waals surface area contributed by atoms with Crippen LogP contribution in [0.2, 0.25) is 5.02 Å². The summed E-state index contributed by atoms with van der Waals surface area (Å²) in [5.41, 5.74) is 7.10. The molecule has 1 saturated carbocycles. The third kappa shape index (κ3) is 3.97. The quantitative estimate of drug-likeness (QED) is 0.878. The van der Waals surface area contributed by atoms with Gasteiger partial charge in [0.1, 0.15) is 5.82 Å². The Bertz CT molecular complexity index is 472. The molecule has 0 heterocycles. The van der Waals surface area contributed by atoms with Crippen LogP contribution in [0.15, 0.2) is 18.2 Å². The van der Waals surface area contributed by atoms with E-state index in [0.29, 0.717) is 18.1 Å².